The zero-order valence-corrected chi connectivity index (χ0v) is 14.9. The van der Waals surface area contributed by atoms with E-state index in [4.69, 9.17) is 0 Å². The number of benzene rings is 2. The van der Waals surface area contributed by atoms with Crippen LogP contribution in [-0.4, -0.2) is 28.0 Å². The van der Waals surface area contributed by atoms with Gasteiger partial charge in [-0.05, 0) is 24.6 Å². The van der Waals surface area contributed by atoms with Crippen LogP contribution in [0.15, 0.2) is 47.4 Å². The first-order valence-corrected chi connectivity index (χ1v) is 8.76. The number of anilines is 1. The van der Waals surface area contributed by atoms with E-state index in [1.165, 1.54) is 30.3 Å². The van der Waals surface area contributed by atoms with Gasteiger partial charge in [0, 0.05) is 22.9 Å². The molecule has 0 saturated carbocycles. The minimum Gasteiger partial charge on any atom is -0.545 e. The Bertz CT molecular complexity index is 974. The average molecular weight is 385 g/mol. The number of carbonyl (C=O) groups is 3. The number of rotatable bonds is 5. The Morgan fingerprint density at radius 2 is 1.93 bits per heavy atom. The van der Waals surface area contributed by atoms with Crippen molar-refractivity contribution < 1.29 is 24.4 Å². The summed E-state index contributed by atoms with van der Waals surface area (Å²) in [6.07, 6.45) is -0.185. The van der Waals surface area contributed by atoms with Crippen LogP contribution in [0.3, 0.4) is 0 Å². The van der Waals surface area contributed by atoms with Crippen molar-refractivity contribution in [3.8, 4) is 0 Å². The molecule has 8 nitrogen and oxygen atoms in total. The van der Waals surface area contributed by atoms with Gasteiger partial charge in [0.25, 0.3) is 5.69 Å². The predicted molar refractivity (Wildman–Crippen MR) is 95.4 cm³/mol. The summed E-state index contributed by atoms with van der Waals surface area (Å²) in [4.78, 5) is 48.2. The molecule has 1 heterocycles. The van der Waals surface area contributed by atoms with E-state index in [0.717, 1.165) is 16.7 Å². The molecule has 1 aliphatic heterocycles. The second-order valence-corrected chi connectivity index (χ2v) is 7.16. The highest BCUT2D eigenvalue weighted by molar-refractivity contribution is 8.00. The lowest BCUT2D eigenvalue weighted by Crippen LogP contribution is -2.31. The Balaban J connectivity index is 1.93. The number of carbonyl (C=O) groups excluding carboxylic acids is 3. The number of aryl methyl sites for hydroxylation is 1. The molecule has 1 fully saturated rings. The molecule has 9 heteroatoms. The summed E-state index contributed by atoms with van der Waals surface area (Å²) in [7, 11) is 0. The SMILES string of the molecule is Cc1ccc(N2C(=O)C[C@@H](Sc3ccccc3C(=O)[O-])C2=O)c([N+](=O)[O-])c1. The molecule has 0 aliphatic carbocycles. The molecule has 2 aromatic carbocycles. The van der Waals surface area contributed by atoms with Crippen molar-refractivity contribution in [2.45, 2.75) is 23.5 Å². The number of nitro groups is 1. The van der Waals surface area contributed by atoms with Crippen LogP contribution >= 0.6 is 11.8 Å². The fourth-order valence-corrected chi connectivity index (χ4v) is 3.98. The zero-order chi connectivity index (χ0) is 19.7. The van der Waals surface area contributed by atoms with Gasteiger partial charge in [-0.1, -0.05) is 24.3 Å². The van der Waals surface area contributed by atoms with Crippen LogP contribution in [0.4, 0.5) is 11.4 Å². The van der Waals surface area contributed by atoms with Crippen LogP contribution in [0.1, 0.15) is 22.3 Å². The zero-order valence-electron chi connectivity index (χ0n) is 14.1. The fourth-order valence-electron chi connectivity index (χ4n) is 2.81. The molecule has 0 aromatic heterocycles. The molecule has 0 spiro atoms. The van der Waals surface area contributed by atoms with E-state index in [1.54, 1.807) is 19.1 Å². The van der Waals surface area contributed by atoms with Crippen molar-refractivity contribution >= 4 is 40.9 Å². The maximum Gasteiger partial charge on any atom is 0.293 e. The number of imide groups is 1. The summed E-state index contributed by atoms with van der Waals surface area (Å²) in [6.45, 7) is 1.67. The number of hydrogen-bond acceptors (Lipinski definition) is 7. The molecule has 0 bridgehead atoms. The Hall–Kier alpha value is -3.20. The van der Waals surface area contributed by atoms with Gasteiger partial charge in [-0.25, -0.2) is 4.90 Å². The monoisotopic (exact) mass is 385 g/mol. The number of carboxylic acid groups (broad SMARTS) is 1. The first-order valence-electron chi connectivity index (χ1n) is 7.88. The van der Waals surface area contributed by atoms with Crippen molar-refractivity contribution in [1.82, 2.24) is 0 Å². The topological polar surface area (TPSA) is 121 Å². The van der Waals surface area contributed by atoms with Crippen LogP contribution in [0.25, 0.3) is 0 Å². The van der Waals surface area contributed by atoms with Crippen molar-refractivity contribution in [1.29, 1.82) is 0 Å². The van der Waals surface area contributed by atoms with E-state index in [9.17, 15) is 29.6 Å². The Kier molecular flexibility index (Phi) is 4.95. The van der Waals surface area contributed by atoms with Gasteiger partial charge in [-0.3, -0.25) is 19.7 Å². The molecule has 0 N–H and O–H groups in total. The van der Waals surface area contributed by atoms with E-state index < -0.39 is 28.0 Å². The summed E-state index contributed by atoms with van der Waals surface area (Å²) in [5.74, 6) is -2.58. The highest BCUT2D eigenvalue weighted by atomic mass is 32.2. The van der Waals surface area contributed by atoms with Crippen molar-refractivity contribution in [2.75, 3.05) is 4.90 Å². The summed E-state index contributed by atoms with van der Waals surface area (Å²) in [5, 5.41) is 21.7. The van der Waals surface area contributed by atoms with Gasteiger partial charge < -0.3 is 9.90 Å². The lowest BCUT2D eigenvalue weighted by atomic mass is 10.2. The van der Waals surface area contributed by atoms with Crippen LogP contribution in [-0.2, 0) is 9.59 Å². The third-order valence-electron chi connectivity index (χ3n) is 4.05. The molecule has 2 amide bonds. The molecule has 1 saturated heterocycles. The molecule has 0 unspecified atom stereocenters. The third kappa shape index (κ3) is 3.54. The third-order valence-corrected chi connectivity index (χ3v) is 5.31. The van der Waals surface area contributed by atoms with Gasteiger partial charge >= 0.3 is 0 Å². The Morgan fingerprint density at radius 3 is 2.59 bits per heavy atom. The molecule has 3 rings (SSSR count). The first kappa shape index (κ1) is 18.6. The first-order chi connectivity index (χ1) is 12.8. The van der Waals surface area contributed by atoms with Crippen LogP contribution in [0.5, 0.6) is 0 Å². The van der Waals surface area contributed by atoms with Gasteiger partial charge in [0.05, 0.1) is 16.1 Å². The standard InChI is InChI=1S/C18H14N2O6S/c1-10-6-7-12(13(8-10)20(25)26)19-16(21)9-15(17(19)22)27-14-5-3-2-4-11(14)18(23)24/h2-8,15H,9H2,1H3,(H,23,24)/p-1/t15-/m1/s1. The van der Waals surface area contributed by atoms with Gasteiger partial charge in [0.2, 0.25) is 11.8 Å². The molecule has 0 radical (unpaired) electrons. The van der Waals surface area contributed by atoms with Crippen molar-refractivity contribution in [2.24, 2.45) is 0 Å². The summed E-state index contributed by atoms with van der Waals surface area (Å²) in [6, 6.07) is 10.2. The van der Waals surface area contributed by atoms with E-state index in [1.807, 2.05) is 0 Å². The smallest absolute Gasteiger partial charge is 0.293 e. The maximum absolute atomic E-state index is 12.8. The van der Waals surface area contributed by atoms with E-state index in [-0.39, 0.29) is 23.4 Å². The molecule has 1 atom stereocenters. The van der Waals surface area contributed by atoms with Crippen LogP contribution in [0.2, 0.25) is 0 Å². The maximum atomic E-state index is 12.8. The molecule has 27 heavy (non-hydrogen) atoms. The molecule has 138 valence electrons. The molecule has 1 aliphatic rings. The van der Waals surface area contributed by atoms with Crippen LogP contribution < -0.4 is 10.0 Å². The summed E-state index contributed by atoms with van der Waals surface area (Å²) in [5.41, 5.74) is 0.121. The van der Waals surface area contributed by atoms with Gasteiger partial charge in [0.15, 0.2) is 0 Å². The highest BCUT2D eigenvalue weighted by Gasteiger charge is 2.42. The molecular formula is C18H13N2O6S-. The predicted octanol–water partition coefficient (Wildman–Crippen LogP) is 1.69. The fraction of sp³-hybridized carbons (Fsp3) is 0.167. The van der Waals surface area contributed by atoms with Gasteiger partial charge in [-0.15, -0.1) is 11.8 Å². The minimum atomic E-state index is -1.39. The summed E-state index contributed by atoms with van der Waals surface area (Å²) >= 11 is 0.931. The second-order valence-electron chi connectivity index (χ2n) is 5.91. The molecule has 2 aromatic rings. The van der Waals surface area contributed by atoms with Crippen molar-refractivity contribution in [3.63, 3.8) is 0 Å². The van der Waals surface area contributed by atoms with E-state index in [2.05, 4.69) is 0 Å². The number of hydrogen-bond donors (Lipinski definition) is 0. The van der Waals surface area contributed by atoms with E-state index in [0.29, 0.717) is 10.5 Å². The van der Waals surface area contributed by atoms with Gasteiger partial charge in [0.1, 0.15) is 5.69 Å². The number of amides is 2. The number of nitrogens with zero attached hydrogens (tertiary/aromatic N) is 2. The molecular weight excluding hydrogens is 372 g/mol. The van der Waals surface area contributed by atoms with E-state index >= 15 is 0 Å². The van der Waals surface area contributed by atoms with Gasteiger partial charge in [-0.2, -0.15) is 0 Å². The lowest BCUT2D eigenvalue weighted by Gasteiger charge is -2.16. The van der Waals surface area contributed by atoms with Crippen molar-refractivity contribution in [3.05, 3.63) is 63.7 Å². The minimum absolute atomic E-state index is 0.0810. The average Bonchev–Trinajstić information content (AvgIpc) is 2.89. The second kappa shape index (κ2) is 7.20. The highest BCUT2D eigenvalue weighted by Crippen LogP contribution is 2.38. The Morgan fingerprint density at radius 1 is 1.22 bits per heavy atom. The number of carboxylic acids is 1. The number of nitro benzene ring substituents is 1. The van der Waals surface area contributed by atoms with Crippen LogP contribution in [0, 0.1) is 17.0 Å². The number of thioether (sulfide) groups is 1. The number of aromatic carboxylic acids is 1. The quantitative estimate of drug-likeness (QED) is 0.436. The lowest BCUT2D eigenvalue weighted by molar-refractivity contribution is -0.384. The Labute approximate surface area is 157 Å². The largest absolute Gasteiger partial charge is 0.545 e. The normalized spacial score (nSPS) is 16.6. The summed E-state index contributed by atoms with van der Waals surface area (Å²) < 4.78 is 0.